The Morgan fingerprint density at radius 3 is 2.96 bits per heavy atom. The first-order valence-corrected chi connectivity index (χ1v) is 7.82. The molecule has 0 fully saturated rings. The smallest absolute Gasteiger partial charge is 0.173 e. The Kier molecular flexibility index (Phi) is 4.11. The molecule has 0 N–H and O–H groups in total. The lowest BCUT2D eigenvalue weighted by atomic mass is 9.98. The van der Waals surface area contributed by atoms with Crippen LogP contribution >= 0.6 is 11.8 Å². The summed E-state index contributed by atoms with van der Waals surface area (Å²) in [5.41, 5.74) is 10.8. The average Bonchev–Trinajstić information content (AvgIpc) is 2.90. The molecule has 1 unspecified atom stereocenters. The van der Waals surface area contributed by atoms with Crippen LogP contribution in [0.1, 0.15) is 19.4 Å². The molecule has 118 valence electrons. The van der Waals surface area contributed by atoms with Crippen LogP contribution in [0.3, 0.4) is 0 Å². The van der Waals surface area contributed by atoms with Crippen molar-refractivity contribution in [2.75, 3.05) is 6.54 Å². The first-order chi connectivity index (χ1) is 11.0. The molecule has 2 aliphatic heterocycles. The molecule has 8 heteroatoms. The predicted octanol–water partition coefficient (Wildman–Crippen LogP) is 4.65. The maximum absolute atomic E-state index is 14.3. The fourth-order valence-electron chi connectivity index (χ4n) is 2.54. The van der Waals surface area contributed by atoms with Gasteiger partial charge in [-0.25, -0.2) is 13.8 Å². The summed E-state index contributed by atoms with van der Waals surface area (Å²) in [4.78, 5) is 9.25. The van der Waals surface area contributed by atoms with E-state index in [4.69, 9.17) is 5.53 Å². The third-order valence-electron chi connectivity index (χ3n) is 3.73. The highest BCUT2D eigenvalue weighted by Gasteiger charge is 2.30. The van der Waals surface area contributed by atoms with Crippen LogP contribution in [0, 0.1) is 11.6 Å². The van der Waals surface area contributed by atoms with Crippen molar-refractivity contribution < 1.29 is 8.78 Å². The lowest BCUT2D eigenvalue weighted by Crippen LogP contribution is -2.30. The Labute approximate surface area is 136 Å². The maximum Gasteiger partial charge on any atom is 0.173 e. The minimum absolute atomic E-state index is 0.146. The first kappa shape index (κ1) is 15.6. The normalized spacial score (nSPS) is 18.2. The summed E-state index contributed by atoms with van der Waals surface area (Å²) in [6, 6.07) is 3.47. The van der Waals surface area contributed by atoms with E-state index in [2.05, 4.69) is 15.0 Å². The summed E-state index contributed by atoms with van der Waals surface area (Å²) in [6.07, 6.45) is 0. The summed E-state index contributed by atoms with van der Waals surface area (Å²) in [7, 11) is 0. The second-order valence-corrected chi connectivity index (χ2v) is 6.04. The Bertz CT molecular complexity index is 808. The van der Waals surface area contributed by atoms with Crippen LogP contribution in [-0.4, -0.2) is 22.7 Å². The van der Waals surface area contributed by atoms with Gasteiger partial charge in [0.1, 0.15) is 0 Å². The van der Waals surface area contributed by atoms with Gasteiger partial charge < -0.3 is 4.90 Å². The number of benzene rings is 1. The molecular formula is C15H13F2N5S. The van der Waals surface area contributed by atoms with E-state index in [0.717, 1.165) is 16.9 Å². The molecular weight excluding hydrogens is 320 g/mol. The van der Waals surface area contributed by atoms with E-state index in [1.165, 1.54) is 23.9 Å². The van der Waals surface area contributed by atoms with E-state index >= 15 is 0 Å². The lowest BCUT2D eigenvalue weighted by Gasteiger charge is -2.29. The Hall–Kier alpha value is -2.31. The SMILES string of the molecule is CC1=CSC2=NC(C(C)N=[N+]=[N-])=C(c3cccc(F)c3F)CN12. The molecule has 5 nitrogen and oxygen atoms in total. The first-order valence-electron chi connectivity index (χ1n) is 6.94. The Morgan fingerprint density at radius 1 is 1.43 bits per heavy atom. The van der Waals surface area contributed by atoms with E-state index in [1.54, 1.807) is 6.92 Å². The number of hydrogen-bond donors (Lipinski definition) is 0. The standard InChI is InChI=1S/C15H13F2N5S/c1-8-7-23-15-19-14(9(2)20-21-18)11(6-22(8)15)10-4-3-5-12(16)13(10)17/h3-5,7,9H,6H2,1-2H3. The van der Waals surface area contributed by atoms with Gasteiger partial charge in [0.2, 0.25) is 0 Å². The van der Waals surface area contributed by atoms with E-state index in [9.17, 15) is 8.78 Å². The summed E-state index contributed by atoms with van der Waals surface area (Å²) in [5.74, 6) is -1.83. The van der Waals surface area contributed by atoms with Crippen molar-refractivity contribution in [3.63, 3.8) is 0 Å². The molecule has 1 aromatic carbocycles. The number of azide groups is 1. The third-order valence-corrected chi connectivity index (χ3v) is 4.71. The molecule has 0 aromatic heterocycles. The molecule has 1 aromatic rings. The molecule has 0 saturated carbocycles. The van der Waals surface area contributed by atoms with Crippen molar-refractivity contribution in [1.29, 1.82) is 0 Å². The third kappa shape index (κ3) is 2.71. The van der Waals surface area contributed by atoms with Crippen molar-refractivity contribution in [1.82, 2.24) is 4.90 Å². The molecule has 3 rings (SSSR count). The Morgan fingerprint density at radius 2 is 2.22 bits per heavy atom. The van der Waals surface area contributed by atoms with Gasteiger partial charge in [-0.15, -0.1) is 0 Å². The fraction of sp³-hybridized carbons (Fsp3) is 0.267. The number of nitrogens with zero attached hydrogens (tertiary/aromatic N) is 5. The van der Waals surface area contributed by atoms with E-state index in [-0.39, 0.29) is 5.56 Å². The Balaban J connectivity index is 2.18. The quantitative estimate of drug-likeness (QED) is 0.459. The topological polar surface area (TPSA) is 64.4 Å². The van der Waals surface area contributed by atoms with Crippen molar-refractivity contribution in [3.8, 4) is 0 Å². The van der Waals surface area contributed by atoms with E-state index in [1.807, 2.05) is 17.2 Å². The highest BCUT2D eigenvalue weighted by atomic mass is 32.2. The minimum atomic E-state index is -0.916. The average molecular weight is 333 g/mol. The lowest BCUT2D eigenvalue weighted by molar-refractivity contribution is 0.503. The van der Waals surface area contributed by atoms with Crippen molar-refractivity contribution in [2.24, 2.45) is 10.1 Å². The van der Waals surface area contributed by atoms with Gasteiger partial charge in [0.25, 0.3) is 0 Å². The highest BCUT2D eigenvalue weighted by Crippen LogP contribution is 2.37. The van der Waals surface area contributed by atoms with Crippen LogP contribution in [0.4, 0.5) is 8.78 Å². The summed E-state index contributed by atoms with van der Waals surface area (Å²) in [5, 5.41) is 6.36. The van der Waals surface area contributed by atoms with Crippen LogP contribution in [0.5, 0.6) is 0 Å². The second kappa shape index (κ2) is 6.06. The van der Waals surface area contributed by atoms with E-state index in [0.29, 0.717) is 17.8 Å². The van der Waals surface area contributed by atoms with Gasteiger partial charge in [-0.3, -0.25) is 0 Å². The number of rotatable bonds is 3. The van der Waals surface area contributed by atoms with Gasteiger partial charge in [0.15, 0.2) is 16.8 Å². The van der Waals surface area contributed by atoms with Gasteiger partial charge >= 0.3 is 0 Å². The van der Waals surface area contributed by atoms with Gasteiger partial charge in [0, 0.05) is 21.7 Å². The molecule has 0 radical (unpaired) electrons. The van der Waals surface area contributed by atoms with Gasteiger partial charge in [-0.1, -0.05) is 35.9 Å². The molecule has 2 aliphatic rings. The number of hydrogen-bond acceptors (Lipinski definition) is 4. The van der Waals surface area contributed by atoms with Crippen molar-refractivity contribution >= 4 is 22.5 Å². The zero-order valence-electron chi connectivity index (χ0n) is 12.5. The number of aliphatic imine (C=N–C) groups is 1. The number of fused-ring (bicyclic) bond motifs is 1. The highest BCUT2D eigenvalue weighted by molar-refractivity contribution is 8.16. The fourth-order valence-corrected chi connectivity index (χ4v) is 3.43. The van der Waals surface area contributed by atoms with Crippen LogP contribution in [0.25, 0.3) is 16.0 Å². The molecule has 23 heavy (non-hydrogen) atoms. The largest absolute Gasteiger partial charge is 0.320 e. The van der Waals surface area contributed by atoms with Crippen molar-refractivity contribution in [3.05, 3.63) is 62.6 Å². The zero-order valence-corrected chi connectivity index (χ0v) is 13.3. The summed E-state index contributed by atoms with van der Waals surface area (Å²) in [6.45, 7) is 3.97. The van der Waals surface area contributed by atoms with Crippen LogP contribution in [0.2, 0.25) is 0 Å². The van der Waals surface area contributed by atoms with Crippen LogP contribution < -0.4 is 0 Å². The monoisotopic (exact) mass is 333 g/mol. The number of amidine groups is 1. The molecule has 0 aliphatic carbocycles. The molecule has 0 saturated heterocycles. The number of allylic oxidation sites excluding steroid dienone is 1. The van der Waals surface area contributed by atoms with Gasteiger partial charge in [0.05, 0.1) is 18.3 Å². The van der Waals surface area contributed by atoms with Crippen molar-refractivity contribution in [2.45, 2.75) is 19.9 Å². The van der Waals surface area contributed by atoms with Gasteiger partial charge in [-0.2, -0.15) is 0 Å². The molecule has 2 heterocycles. The summed E-state index contributed by atoms with van der Waals surface area (Å²) < 4.78 is 27.9. The molecule has 0 spiro atoms. The zero-order chi connectivity index (χ0) is 16.6. The molecule has 0 bridgehead atoms. The summed E-state index contributed by atoms with van der Waals surface area (Å²) >= 11 is 1.46. The number of halogens is 2. The van der Waals surface area contributed by atoms with Crippen LogP contribution in [-0.2, 0) is 0 Å². The maximum atomic E-state index is 14.3. The van der Waals surface area contributed by atoms with Crippen LogP contribution in [0.15, 0.2) is 45.1 Å². The molecule has 1 atom stereocenters. The number of thioether (sulfide) groups is 1. The predicted molar refractivity (Wildman–Crippen MR) is 87.4 cm³/mol. The second-order valence-electron chi connectivity index (χ2n) is 5.20. The van der Waals surface area contributed by atoms with E-state index < -0.39 is 17.7 Å². The van der Waals surface area contributed by atoms with Gasteiger partial charge in [-0.05, 0) is 23.9 Å². The minimum Gasteiger partial charge on any atom is -0.320 e. The molecule has 0 amide bonds.